The minimum atomic E-state index is -0.674. The summed E-state index contributed by atoms with van der Waals surface area (Å²) in [6.07, 6.45) is 0.915. The van der Waals surface area contributed by atoms with Gasteiger partial charge in [0.05, 0.1) is 23.3 Å². The fraction of sp³-hybridized carbons (Fsp3) is 0.556. The molecule has 0 saturated carbocycles. The van der Waals surface area contributed by atoms with Crippen LogP contribution in [0, 0.1) is 0 Å². The molecule has 1 aromatic rings. The summed E-state index contributed by atoms with van der Waals surface area (Å²) in [4.78, 5) is 24.8. The van der Waals surface area contributed by atoms with Crippen LogP contribution in [0.25, 0.3) is 0 Å². The van der Waals surface area contributed by atoms with Gasteiger partial charge in [0.15, 0.2) is 0 Å². The van der Waals surface area contributed by atoms with E-state index in [1.165, 1.54) is 22.5 Å². The first-order valence-corrected chi connectivity index (χ1v) is 6.30. The first-order valence-electron chi connectivity index (χ1n) is 4.98. The van der Waals surface area contributed by atoms with E-state index in [4.69, 9.17) is 16.7 Å². The van der Waals surface area contributed by atoms with E-state index in [0.717, 1.165) is 0 Å². The minimum absolute atomic E-state index is 0.0767. The Labute approximate surface area is 105 Å². The van der Waals surface area contributed by atoms with Crippen molar-refractivity contribution in [1.29, 1.82) is 0 Å². The second-order valence-corrected chi connectivity index (χ2v) is 5.59. The van der Waals surface area contributed by atoms with Gasteiger partial charge in [-0.05, 0) is 0 Å². The molecule has 3 atom stereocenters. The van der Waals surface area contributed by atoms with E-state index in [1.807, 2.05) is 0 Å². The molecule has 3 N–H and O–H groups in total. The molecule has 2 heterocycles. The Morgan fingerprint density at radius 2 is 2.29 bits per heavy atom. The van der Waals surface area contributed by atoms with Crippen LogP contribution in [0.1, 0.15) is 11.8 Å². The molecule has 0 radical (unpaired) electrons. The lowest BCUT2D eigenvalue weighted by Gasteiger charge is -2.12. The highest BCUT2D eigenvalue weighted by Gasteiger charge is 2.34. The van der Waals surface area contributed by atoms with Crippen molar-refractivity contribution in [2.24, 2.45) is 0 Å². The van der Waals surface area contributed by atoms with Crippen molar-refractivity contribution in [3.05, 3.63) is 32.1 Å². The molecule has 0 unspecified atom stereocenters. The molecule has 0 aromatic carbocycles. The van der Waals surface area contributed by atoms with Crippen LogP contribution in [0.15, 0.2) is 15.8 Å². The average Bonchev–Trinajstić information content (AvgIpc) is 2.65. The number of halogens is 1. The van der Waals surface area contributed by atoms with Crippen molar-refractivity contribution in [3.63, 3.8) is 0 Å². The van der Waals surface area contributed by atoms with Gasteiger partial charge in [-0.2, -0.15) is 0 Å². The fourth-order valence-corrected chi connectivity index (χ4v) is 3.26. The third kappa shape index (κ3) is 2.42. The number of H-pyrrole nitrogens is 1. The number of hydrogen-bond acceptors (Lipinski definition) is 5. The van der Waals surface area contributed by atoms with Crippen LogP contribution < -0.4 is 11.2 Å². The number of aliphatic hydroxyl groups excluding tert-OH is 2. The van der Waals surface area contributed by atoms with Gasteiger partial charge in [0.2, 0.25) is 0 Å². The molecule has 0 bridgehead atoms. The molecule has 1 fully saturated rings. The topological polar surface area (TPSA) is 95.3 Å². The minimum Gasteiger partial charge on any atom is -0.395 e. The molecule has 0 spiro atoms. The van der Waals surface area contributed by atoms with Crippen LogP contribution in [0.4, 0.5) is 0 Å². The summed E-state index contributed by atoms with van der Waals surface area (Å²) >= 11 is 6.93. The number of nitrogens with one attached hydrogen (secondary N) is 1. The molecular weight excluding hydrogens is 268 g/mol. The van der Waals surface area contributed by atoms with Crippen molar-refractivity contribution in [1.82, 2.24) is 9.55 Å². The normalized spacial score (nSPS) is 28.5. The average molecular weight is 279 g/mol. The van der Waals surface area contributed by atoms with E-state index in [2.05, 4.69) is 4.98 Å². The van der Waals surface area contributed by atoms with Gasteiger partial charge in [-0.25, -0.2) is 4.79 Å². The van der Waals surface area contributed by atoms with Crippen molar-refractivity contribution < 1.29 is 10.2 Å². The third-order valence-electron chi connectivity index (χ3n) is 2.62. The highest BCUT2D eigenvalue weighted by atomic mass is 35.5. The van der Waals surface area contributed by atoms with Gasteiger partial charge in [-0.3, -0.25) is 14.3 Å². The Bertz CT molecular complexity index is 528. The lowest BCUT2D eigenvalue weighted by atomic mass is 10.2. The van der Waals surface area contributed by atoms with Crippen molar-refractivity contribution in [3.8, 4) is 0 Å². The quantitative estimate of drug-likeness (QED) is 0.681. The number of aliphatic hydroxyl groups is 2. The smallest absolute Gasteiger partial charge is 0.329 e. The molecule has 6 nitrogen and oxygen atoms in total. The molecule has 2 rings (SSSR count). The predicted molar refractivity (Wildman–Crippen MR) is 64.5 cm³/mol. The Balaban J connectivity index is 2.34. The first kappa shape index (κ1) is 12.7. The van der Waals surface area contributed by atoms with E-state index in [-0.39, 0.29) is 22.3 Å². The van der Waals surface area contributed by atoms with Crippen LogP contribution in [-0.2, 0) is 0 Å². The maximum Gasteiger partial charge on any atom is 0.329 e. The Morgan fingerprint density at radius 3 is 2.88 bits per heavy atom. The summed E-state index contributed by atoms with van der Waals surface area (Å²) in [6, 6.07) is 0. The summed E-state index contributed by atoms with van der Waals surface area (Å²) in [5.74, 6) is 0. The largest absolute Gasteiger partial charge is 0.395 e. The summed E-state index contributed by atoms with van der Waals surface area (Å²) < 4.78 is 1.27. The summed E-state index contributed by atoms with van der Waals surface area (Å²) in [6.45, 7) is -0.159. The van der Waals surface area contributed by atoms with E-state index < -0.39 is 17.4 Å². The van der Waals surface area contributed by atoms with Gasteiger partial charge in [-0.15, -0.1) is 11.8 Å². The van der Waals surface area contributed by atoms with Gasteiger partial charge in [0.1, 0.15) is 5.02 Å². The third-order valence-corrected chi connectivity index (χ3v) is 4.43. The summed E-state index contributed by atoms with van der Waals surface area (Å²) in [7, 11) is 0. The second kappa shape index (κ2) is 4.85. The molecule has 1 aliphatic heterocycles. The number of nitrogens with zero attached hydrogens (tertiary/aromatic N) is 1. The van der Waals surface area contributed by atoms with E-state index in [9.17, 15) is 14.7 Å². The Hall–Kier alpha value is -0.760. The van der Waals surface area contributed by atoms with Crippen LogP contribution >= 0.6 is 23.4 Å². The number of thioether (sulfide) groups is 1. The monoisotopic (exact) mass is 278 g/mol. The van der Waals surface area contributed by atoms with Crippen LogP contribution in [-0.4, -0.2) is 37.7 Å². The second-order valence-electron chi connectivity index (χ2n) is 3.76. The fourth-order valence-electron chi connectivity index (χ4n) is 1.72. The van der Waals surface area contributed by atoms with Crippen molar-refractivity contribution in [2.75, 3.05) is 6.61 Å². The number of aromatic nitrogens is 2. The maximum absolute atomic E-state index is 11.6. The Morgan fingerprint density at radius 1 is 1.59 bits per heavy atom. The van der Waals surface area contributed by atoms with Crippen molar-refractivity contribution in [2.45, 2.75) is 23.1 Å². The van der Waals surface area contributed by atoms with Crippen LogP contribution in [0.3, 0.4) is 0 Å². The SMILES string of the molecule is O=c1[nH]c(=O)n([C@H]2C[C@H](O)[C@@H](CO)S2)cc1Cl. The highest BCUT2D eigenvalue weighted by molar-refractivity contribution is 8.00. The number of aromatic amines is 1. The molecule has 1 saturated heterocycles. The van der Waals surface area contributed by atoms with Gasteiger partial charge in [-0.1, -0.05) is 11.6 Å². The molecule has 17 heavy (non-hydrogen) atoms. The number of rotatable bonds is 2. The summed E-state index contributed by atoms with van der Waals surface area (Å²) in [5.41, 5.74) is -1.20. The zero-order valence-corrected chi connectivity index (χ0v) is 10.2. The lowest BCUT2D eigenvalue weighted by Crippen LogP contribution is -2.31. The van der Waals surface area contributed by atoms with E-state index in [0.29, 0.717) is 6.42 Å². The molecule has 94 valence electrons. The molecular formula is C9H11ClN2O4S. The molecule has 8 heteroatoms. The zero-order chi connectivity index (χ0) is 12.6. The lowest BCUT2D eigenvalue weighted by molar-refractivity contribution is 0.137. The van der Waals surface area contributed by atoms with Crippen LogP contribution in [0.5, 0.6) is 0 Å². The maximum atomic E-state index is 11.6. The molecule has 1 aliphatic rings. The Kier molecular flexibility index (Phi) is 3.62. The van der Waals surface area contributed by atoms with Gasteiger partial charge < -0.3 is 10.2 Å². The molecule has 0 aliphatic carbocycles. The number of hydrogen-bond donors (Lipinski definition) is 3. The van der Waals surface area contributed by atoms with Gasteiger partial charge in [0, 0.05) is 12.6 Å². The van der Waals surface area contributed by atoms with E-state index >= 15 is 0 Å². The molecule has 0 amide bonds. The van der Waals surface area contributed by atoms with E-state index in [1.54, 1.807) is 0 Å². The van der Waals surface area contributed by atoms with Crippen molar-refractivity contribution >= 4 is 23.4 Å². The van der Waals surface area contributed by atoms with Gasteiger partial charge in [0.25, 0.3) is 5.56 Å². The molecule has 1 aromatic heterocycles. The highest BCUT2D eigenvalue weighted by Crippen LogP contribution is 2.40. The predicted octanol–water partition coefficient (Wildman–Crippen LogP) is -0.453. The zero-order valence-electron chi connectivity index (χ0n) is 8.67. The standard InChI is InChI=1S/C9H11ClN2O4S/c10-4-2-12(9(16)11-8(4)15)7-1-5(14)6(3-13)17-7/h2,5-7,13-14H,1,3H2,(H,11,15,16)/t5-,6+,7+/m0/s1. The first-order chi connectivity index (χ1) is 8.02. The van der Waals surface area contributed by atoms with Gasteiger partial charge >= 0.3 is 5.69 Å². The summed E-state index contributed by atoms with van der Waals surface area (Å²) in [5, 5.41) is 17.9. The van der Waals surface area contributed by atoms with Crippen LogP contribution in [0.2, 0.25) is 5.02 Å².